The first kappa shape index (κ1) is 12.7. The first-order valence-corrected chi connectivity index (χ1v) is 6.24. The largest absolute Gasteiger partial charge is 0.488 e. The average Bonchev–Trinajstić information content (AvgIpc) is 2.69. The van der Waals surface area contributed by atoms with Crippen LogP contribution in [0.1, 0.15) is 12.5 Å². The topological polar surface area (TPSA) is 32.7 Å². The van der Waals surface area contributed by atoms with Gasteiger partial charge in [0.05, 0.1) is 6.61 Å². The van der Waals surface area contributed by atoms with E-state index in [1.54, 1.807) is 0 Å². The summed E-state index contributed by atoms with van der Waals surface area (Å²) in [6.45, 7) is 2.98. The van der Waals surface area contributed by atoms with E-state index in [0.29, 0.717) is 0 Å². The van der Waals surface area contributed by atoms with Crippen molar-refractivity contribution in [3.05, 3.63) is 28.8 Å². The molecule has 1 aliphatic heterocycles. The van der Waals surface area contributed by atoms with Crippen molar-refractivity contribution < 1.29 is 9.84 Å². The molecular formula is C13H18ClNO2. The quantitative estimate of drug-likeness (QED) is 0.893. The van der Waals surface area contributed by atoms with Crippen LogP contribution in [-0.4, -0.2) is 42.4 Å². The van der Waals surface area contributed by atoms with Gasteiger partial charge in [-0.15, -0.1) is 0 Å². The number of fused-ring (bicyclic) bond motifs is 1. The van der Waals surface area contributed by atoms with E-state index in [2.05, 4.69) is 4.90 Å². The second kappa shape index (κ2) is 5.25. The van der Waals surface area contributed by atoms with E-state index in [0.717, 1.165) is 23.7 Å². The number of rotatable bonds is 4. The van der Waals surface area contributed by atoms with Crippen LogP contribution < -0.4 is 4.74 Å². The highest BCUT2D eigenvalue weighted by molar-refractivity contribution is 6.30. The highest BCUT2D eigenvalue weighted by Crippen LogP contribution is 2.31. The molecule has 1 aliphatic rings. The maximum atomic E-state index is 9.09. The van der Waals surface area contributed by atoms with Crippen molar-refractivity contribution in [2.24, 2.45) is 0 Å². The van der Waals surface area contributed by atoms with Crippen LogP contribution in [0.3, 0.4) is 0 Å². The Morgan fingerprint density at radius 2 is 2.35 bits per heavy atom. The van der Waals surface area contributed by atoms with Gasteiger partial charge in [0, 0.05) is 24.0 Å². The number of halogens is 1. The molecule has 0 fully saturated rings. The predicted octanol–water partition coefficient (Wildman–Crippen LogP) is 1.96. The molecule has 2 rings (SSSR count). The Bertz CT molecular complexity index is 397. The summed E-state index contributed by atoms with van der Waals surface area (Å²) < 4.78 is 5.85. The SMILES string of the molecule is CC(CO)N(C)CC1Cc2cc(Cl)ccc2O1. The maximum absolute atomic E-state index is 9.09. The molecule has 1 N–H and O–H groups in total. The Kier molecular flexibility index (Phi) is 3.92. The van der Waals surface area contributed by atoms with Crippen molar-refractivity contribution in [3.63, 3.8) is 0 Å². The summed E-state index contributed by atoms with van der Waals surface area (Å²) in [5, 5.41) is 9.84. The van der Waals surface area contributed by atoms with E-state index in [-0.39, 0.29) is 18.8 Å². The van der Waals surface area contributed by atoms with Crippen LogP contribution in [0.2, 0.25) is 5.02 Å². The number of hydrogen-bond acceptors (Lipinski definition) is 3. The lowest BCUT2D eigenvalue weighted by Gasteiger charge is -2.25. The zero-order valence-electron chi connectivity index (χ0n) is 10.2. The summed E-state index contributed by atoms with van der Waals surface area (Å²) in [5.41, 5.74) is 1.17. The van der Waals surface area contributed by atoms with Crippen molar-refractivity contribution in [1.29, 1.82) is 0 Å². The van der Waals surface area contributed by atoms with Crippen molar-refractivity contribution in [1.82, 2.24) is 4.90 Å². The molecule has 0 saturated heterocycles. The molecule has 1 aromatic carbocycles. The van der Waals surface area contributed by atoms with Crippen LogP contribution in [-0.2, 0) is 6.42 Å². The van der Waals surface area contributed by atoms with Gasteiger partial charge in [-0.05, 0) is 37.7 Å². The molecule has 2 unspecified atom stereocenters. The minimum atomic E-state index is 0.155. The van der Waals surface area contributed by atoms with Gasteiger partial charge >= 0.3 is 0 Å². The summed E-state index contributed by atoms with van der Waals surface area (Å²) in [7, 11) is 2.00. The summed E-state index contributed by atoms with van der Waals surface area (Å²) in [6, 6.07) is 5.90. The molecule has 2 atom stereocenters. The minimum absolute atomic E-state index is 0.155. The molecule has 0 bridgehead atoms. The lowest BCUT2D eigenvalue weighted by atomic mass is 10.1. The van der Waals surface area contributed by atoms with E-state index >= 15 is 0 Å². The number of aliphatic hydroxyl groups excluding tert-OH is 1. The van der Waals surface area contributed by atoms with E-state index in [1.807, 2.05) is 32.2 Å². The number of likely N-dealkylation sites (N-methyl/N-ethyl adjacent to an activating group) is 1. The third-order valence-electron chi connectivity index (χ3n) is 3.27. The van der Waals surface area contributed by atoms with Crippen molar-refractivity contribution >= 4 is 11.6 Å². The van der Waals surface area contributed by atoms with E-state index in [1.165, 1.54) is 5.56 Å². The Morgan fingerprint density at radius 3 is 3.06 bits per heavy atom. The Labute approximate surface area is 107 Å². The second-order valence-electron chi connectivity index (χ2n) is 4.67. The van der Waals surface area contributed by atoms with Gasteiger partial charge in [0.1, 0.15) is 11.9 Å². The molecule has 0 spiro atoms. The van der Waals surface area contributed by atoms with Gasteiger partial charge in [0.15, 0.2) is 0 Å². The number of hydrogen-bond donors (Lipinski definition) is 1. The highest BCUT2D eigenvalue weighted by atomic mass is 35.5. The van der Waals surface area contributed by atoms with E-state index in [4.69, 9.17) is 21.4 Å². The molecule has 3 nitrogen and oxygen atoms in total. The first-order chi connectivity index (χ1) is 8.10. The van der Waals surface area contributed by atoms with E-state index < -0.39 is 0 Å². The van der Waals surface area contributed by atoms with Crippen LogP contribution in [0.25, 0.3) is 0 Å². The molecular weight excluding hydrogens is 238 g/mol. The lowest BCUT2D eigenvalue weighted by molar-refractivity contribution is 0.110. The molecule has 4 heteroatoms. The summed E-state index contributed by atoms with van der Waals surface area (Å²) in [4.78, 5) is 2.11. The van der Waals surface area contributed by atoms with Gasteiger partial charge in [-0.2, -0.15) is 0 Å². The van der Waals surface area contributed by atoms with Gasteiger partial charge < -0.3 is 9.84 Å². The summed E-state index contributed by atoms with van der Waals surface area (Å²) in [5.74, 6) is 0.935. The normalized spacial score (nSPS) is 20.2. The van der Waals surface area contributed by atoms with Crippen molar-refractivity contribution in [2.75, 3.05) is 20.2 Å². The molecule has 1 aromatic rings. The van der Waals surface area contributed by atoms with Crippen LogP contribution in [0, 0.1) is 0 Å². The van der Waals surface area contributed by atoms with Crippen LogP contribution >= 0.6 is 11.6 Å². The second-order valence-corrected chi connectivity index (χ2v) is 5.10. The van der Waals surface area contributed by atoms with Crippen LogP contribution in [0.4, 0.5) is 0 Å². The lowest BCUT2D eigenvalue weighted by Crippen LogP contribution is -2.39. The Morgan fingerprint density at radius 1 is 1.59 bits per heavy atom. The monoisotopic (exact) mass is 255 g/mol. The number of aliphatic hydroxyl groups is 1. The molecule has 94 valence electrons. The highest BCUT2D eigenvalue weighted by Gasteiger charge is 2.25. The molecule has 0 aromatic heterocycles. The number of benzene rings is 1. The van der Waals surface area contributed by atoms with Crippen LogP contribution in [0.5, 0.6) is 5.75 Å². The summed E-state index contributed by atoms with van der Waals surface area (Å²) in [6.07, 6.45) is 1.04. The fraction of sp³-hybridized carbons (Fsp3) is 0.538. The smallest absolute Gasteiger partial charge is 0.123 e. The Balaban J connectivity index is 1.96. The minimum Gasteiger partial charge on any atom is -0.488 e. The third kappa shape index (κ3) is 2.92. The summed E-state index contributed by atoms with van der Waals surface area (Å²) >= 11 is 5.95. The average molecular weight is 256 g/mol. The Hall–Kier alpha value is -0.770. The first-order valence-electron chi connectivity index (χ1n) is 5.86. The molecule has 17 heavy (non-hydrogen) atoms. The van der Waals surface area contributed by atoms with Gasteiger partial charge in [0.2, 0.25) is 0 Å². The molecule has 0 radical (unpaired) electrons. The zero-order valence-corrected chi connectivity index (χ0v) is 10.9. The van der Waals surface area contributed by atoms with Crippen molar-refractivity contribution in [3.8, 4) is 5.75 Å². The standard InChI is InChI=1S/C13H18ClNO2/c1-9(8-16)15(2)7-12-6-10-5-11(14)3-4-13(10)17-12/h3-5,9,12,16H,6-8H2,1-2H3. The third-order valence-corrected chi connectivity index (χ3v) is 3.51. The molecule has 1 heterocycles. The maximum Gasteiger partial charge on any atom is 0.123 e. The van der Waals surface area contributed by atoms with Gasteiger partial charge in [-0.1, -0.05) is 11.6 Å². The zero-order chi connectivity index (χ0) is 12.4. The fourth-order valence-electron chi connectivity index (χ4n) is 2.03. The number of ether oxygens (including phenoxy) is 1. The number of nitrogens with zero attached hydrogens (tertiary/aromatic N) is 1. The van der Waals surface area contributed by atoms with Gasteiger partial charge in [0.25, 0.3) is 0 Å². The molecule has 0 aliphatic carbocycles. The molecule has 0 saturated carbocycles. The van der Waals surface area contributed by atoms with Crippen molar-refractivity contribution in [2.45, 2.75) is 25.5 Å². The van der Waals surface area contributed by atoms with Gasteiger partial charge in [-0.3, -0.25) is 4.90 Å². The van der Waals surface area contributed by atoms with E-state index in [9.17, 15) is 0 Å². The van der Waals surface area contributed by atoms with Gasteiger partial charge in [-0.25, -0.2) is 0 Å². The van der Waals surface area contributed by atoms with Crippen LogP contribution in [0.15, 0.2) is 18.2 Å². The fourth-order valence-corrected chi connectivity index (χ4v) is 2.23. The molecule has 0 amide bonds. The predicted molar refractivity (Wildman–Crippen MR) is 68.7 cm³/mol.